The summed E-state index contributed by atoms with van der Waals surface area (Å²) in [6, 6.07) is 0.390. The fraction of sp³-hybridized carbons (Fsp3) is 0.857. The smallest absolute Gasteiger partial charge is 0.303 e. The molecule has 2 fully saturated rings. The van der Waals surface area contributed by atoms with E-state index < -0.39 is 24.4 Å². The van der Waals surface area contributed by atoms with Gasteiger partial charge in [-0.3, -0.25) is 14.9 Å². The molecule has 0 radical (unpaired) electrons. The summed E-state index contributed by atoms with van der Waals surface area (Å²) >= 11 is 0. The van der Waals surface area contributed by atoms with Crippen LogP contribution in [0, 0.1) is 0 Å². The van der Waals surface area contributed by atoms with Crippen LogP contribution in [-0.2, 0) is 23.8 Å². The number of carbonyl (C=O) groups excluding carboxylic acids is 2. The lowest BCUT2D eigenvalue weighted by molar-refractivity contribution is -0.212. The maximum atomic E-state index is 11.3. The summed E-state index contributed by atoms with van der Waals surface area (Å²) in [4.78, 5) is 22.5. The molecule has 6 nitrogen and oxygen atoms in total. The van der Waals surface area contributed by atoms with Crippen LogP contribution in [0.1, 0.15) is 46.5 Å². The molecule has 20 heavy (non-hydrogen) atoms. The van der Waals surface area contributed by atoms with Gasteiger partial charge in [-0.1, -0.05) is 6.42 Å². The van der Waals surface area contributed by atoms with E-state index in [4.69, 9.17) is 14.2 Å². The monoisotopic (exact) mass is 285 g/mol. The fourth-order valence-corrected chi connectivity index (χ4v) is 2.64. The third kappa shape index (κ3) is 3.93. The lowest BCUT2D eigenvalue weighted by Crippen LogP contribution is -2.59. The predicted molar refractivity (Wildman–Crippen MR) is 70.8 cm³/mol. The molecule has 1 saturated carbocycles. The van der Waals surface area contributed by atoms with Gasteiger partial charge < -0.3 is 14.2 Å². The van der Waals surface area contributed by atoms with Crippen molar-refractivity contribution in [1.82, 2.24) is 5.32 Å². The molecule has 0 aromatic rings. The standard InChI is InChI=1S/C14H23NO5/c1-8-7-12(19-9(2)16)13(20-10(3)17)14(18-8)15-11-5-4-6-11/h8,11-15H,4-7H2,1-3H3/t8-,12+,13?,14-/m0/s1. The zero-order chi connectivity index (χ0) is 14.7. The van der Waals surface area contributed by atoms with Gasteiger partial charge in [-0.15, -0.1) is 0 Å². The molecule has 0 spiro atoms. The van der Waals surface area contributed by atoms with E-state index in [1.165, 1.54) is 20.3 Å². The van der Waals surface area contributed by atoms with E-state index in [-0.39, 0.29) is 12.1 Å². The second kappa shape index (κ2) is 6.54. The first-order valence-corrected chi connectivity index (χ1v) is 7.21. The Morgan fingerprint density at radius 1 is 1.15 bits per heavy atom. The summed E-state index contributed by atoms with van der Waals surface area (Å²) in [6.07, 6.45) is 2.40. The number of esters is 2. The maximum Gasteiger partial charge on any atom is 0.303 e. The summed E-state index contributed by atoms with van der Waals surface area (Å²) < 4.78 is 16.5. The minimum Gasteiger partial charge on any atom is -0.458 e. The zero-order valence-electron chi connectivity index (χ0n) is 12.3. The van der Waals surface area contributed by atoms with Crippen LogP contribution in [0.5, 0.6) is 0 Å². The van der Waals surface area contributed by atoms with E-state index in [2.05, 4.69) is 5.32 Å². The van der Waals surface area contributed by atoms with Gasteiger partial charge in [0.15, 0.2) is 6.10 Å². The molecule has 1 aliphatic carbocycles. The second-order valence-electron chi connectivity index (χ2n) is 5.62. The van der Waals surface area contributed by atoms with Gasteiger partial charge in [0.1, 0.15) is 12.3 Å². The molecule has 4 atom stereocenters. The number of hydrogen-bond donors (Lipinski definition) is 1. The van der Waals surface area contributed by atoms with Crippen molar-refractivity contribution < 1.29 is 23.8 Å². The third-order valence-corrected chi connectivity index (χ3v) is 3.73. The second-order valence-corrected chi connectivity index (χ2v) is 5.62. The molecule has 1 saturated heterocycles. The van der Waals surface area contributed by atoms with Crippen molar-refractivity contribution in [3.05, 3.63) is 0 Å². The molecule has 1 aliphatic heterocycles. The highest BCUT2D eigenvalue weighted by molar-refractivity contribution is 5.67. The topological polar surface area (TPSA) is 73.9 Å². The highest BCUT2D eigenvalue weighted by Crippen LogP contribution is 2.27. The van der Waals surface area contributed by atoms with Crippen LogP contribution in [0.15, 0.2) is 0 Å². The first-order chi connectivity index (χ1) is 9.45. The van der Waals surface area contributed by atoms with E-state index in [0.29, 0.717) is 12.5 Å². The molecule has 0 aromatic carbocycles. The quantitative estimate of drug-likeness (QED) is 0.780. The first-order valence-electron chi connectivity index (χ1n) is 7.21. The summed E-state index contributed by atoms with van der Waals surface area (Å²) in [6.45, 7) is 4.64. The van der Waals surface area contributed by atoms with E-state index in [0.717, 1.165) is 12.8 Å². The Morgan fingerprint density at radius 2 is 1.80 bits per heavy atom. The van der Waals surface area contributed by atoms with Crippen molar-refractivity contribution in [2.45, 2.75) is 77.0 Å². The van der Waals surface area contributed by atoms with Crippen molar-refractivity contribution in [3.8, 4) is 0 Å². The van der Waals surface area contributed by atoms with Crippen LogP contribution >= 0.6 is 0 Å². The molecule has 114 valence electrons. The van der Waals surface area contributed by atoms with E-state index in [1.807, 2.05) is 6.92 Å². The number of carbonyl (C=O) groups is 2. The van der Waals surface area contributed by atoms with Crippen LogP contribution in [0.4, 0.5) is 0 Å². The Kier molecular flexibility index (Phi) is 4.99. The van der Waals surface area contributed by atoms with Crippen molar-refractivity contribution >= 4 is 11.9 Å². The Labute approximate surface area is 119 Å². The molecule has 0 bridgehead atoms. The van der Waals surface area contributed by atoms with Crippen molar-refractivity contribution in [1.29, 1.82) is 0 Å². The zero-order valence-corrected chi connectivity index (χ0v) is 12.3. The molecule has 0 amide bonds. The van der Waals surface area contributed by atoms with Gasteiger partial charge in [0.05, 0.1) is 6.10 Å². The minimum absolute atomic E-state index is 0.0521. The van der Waals surface area contributed by atoms with Gasteiger partial charge in [0.25, 0.3) is 0 Å². The Hall–Kier alpha value is -1.14. The van der Waals surface area contributed by atoms with E-state index in [1.54, 1.807) is 0 Å². The third-order valence-electron chi connectivity index (χ3n) is 3.73. The molecule has 0 aromatic heterocycles. The molecular weight excluding hydrogens is 262 g/mol. The summed E-state index contributed by atoms with van der Waals surface area (Å²) in [5.41, 5.74) is 0. The summed E-state index contributed by atoms with van der Waals surface area (Å²) in [7, 11) is 0. The largest absolute Gasteiger partial charge is 0.458 e. The molecule has 2 aliphatic rings. The maximum absolute atomic E-state index is 11.3. The highest BCUT2D eigenvalue weighted by Gasteiger charge is 2.42. The van der Waals surface area contributed by atoms with Crippen LogP contribution in [0.3, 0.4) is 0 Å². The molecule has 2 rings (SSSR count). The lowest BCUT2D eigenvalue weighted by atomic mass is 9.92. The Bertz CT molecular complexity index is 369. The molecule has 1 N–H and O–H groups in total. The van der Waals surface area contributed by atoms with Gasteiger partial charge in [-0.05, 0) is 19.8 Å². The van der Waals surface area contributed by atoms with Crippen LogP contribution in [0.2, 0.25) is 0 Å². The molecule has 1 heterocycles. The van der Waals surface area contributed by atoms with Gasteiger partial charge in [0, 0.05) is 26.3 Å². The van der Waals surface area contributed by atoms with Gasteiger partial charge in [0.2, 0.25) is 0 Å². The van der Waals surface area contributed by atoms with E-state index >= 15 is 0 Å². The average molecular weight is 285 g/mol. The number of rotatable bonds is 4. The Morgan fingerprint density at radius 3 is 2.30 bits per heavy atom. The Balaban J connectivity index is 2.07. The number of nitrogens with one attached hydrogen (secondary N) is 1. The SMILES string of the molecule is CC(=O)OC1[C@H](OC(C)=O)C[C@H](C)O[C@@H]1NC1CCC1. The van der Waals surface area contributed by atoms with E-state index in [9.17, 15) is 9.59 Å². The predicted octanol–water partition coefficient (Wildman–Crippen LogP) is 1.13. The van der Waals surface area contributed by atoms with Crippen molar-refractivity contribution in [2.24, 2.45) is 0 Å². The van der Waals surface area contributed by atoms with Gasteiger partial charge in [-0.2, -0.15) is 0 Å². The van der Waals surface area contributed by atoms with Crippen molar-refractivity contribution in [2.75, 3.05) is 0 Å². The van der Waals surface area contributed by atoms with Crippen LogP contribution in [-0.4, -0.2) is 42.5 Å². The van der Waals surface area contributed by atoms with Gasteiger partial charge in [-0.25, -0.2) is 0 Å². The van der Waals surface area contributed by atoms with Crippen LogP contribution in [0.25, 0.3) is 0 Å². The summed E-state index contributed by atoms with van der Waals surface area (Å²) in [5, 5.41) is 3.35. The van der Waals surface area contributed by atoms with Crippen molar-refractivity contribution in [3.63, 3.8) is 0 Å². The first kappa shape index (κ1) is 15.3. The summed E-state index contributed by atoms with van der Waals surface area (Å²) in [5.74, 6) is -0.769. The van der Waals surface area contributed by atoms with Crippen LogP contribution < -0.4 is 5.32 Å². The molecule has 6 heteroatoms. The number of hydrogen-bond acceptors (Lipinski definition) is 6. The average Bonchev–Trinajstić information content (AvgIpc) is 2.26. The van der Waals surface area contributed by atoms with Gasteiger partial charge >= 0.3 is 11.9 Å². The lowest BCUT2D eigenvalue weighted by Gasteiger charge is -2.42. The normalized spacial score (nSPS) is 34.1. The fourth-order valence-electron chi connectivity index (χ4n) is 2.64. The minimum atomic E-state index is -0.590. The molecule has 1 unspecified atom stereocenters. The molecular formula is C14H23NO5. The highest BCUT2D eigenvalue weighted by atomic mass is 16.6. The number of ether oxygens (including phenoxy) is 3.